The summed E-state index contributed by atoms with van der Waals surface area (Å²) < 4.78 is 0.939. The van der Waals surface area contributed by atoms with Gasteiger partial charge in [0.25, 0.3) is 11.1 Å². The number of carbonyl (C=O) groups excluding carboxylic acids is 2. The van der Waals surface area contributed by atoms with Gasteiger partial charge in [0.2, 0.25) is 0 Å². The van der Waals surface area contributed by atoms with Crippen molar-refractivity contribution in [2.45, 2.75) is 6.54 Å². The van der Waals surface area contributed by atoms with Gasteiger partial charge in [0.05, 0.1) is 11.4 Å². The molecule has 1 heterocycles. The highest BCUT2D eigenvalue weighted by Gasteiger charge is 2.35. The molecule has 3 nitrogen and oxygen atoms in total. The third-order valence-corrected chi connectivity index (χ3v) is 5.50. The zero-order valence-electron chi connectivity index (χ0n) is 12.1. The fourth-order valence-corrected chi connectivity index (χ4v) is 3.78. The number of amides is 2. The van der Waals surface area contributed by atoms with E-state index in [-0.39, 0.29) is 17.7 Å². The molecule has 2 aromatic rings. The van der Waals surface area contributed by atoms with E-state index >= 15 is 0 Å². The number of carbonyl (C=O) groups is 2. The lowest BCUT2D eigenvalue weighted by atomic mass is 10.2. The fraction of sp³-hybridized carbons (Fsp3) is 0.0588. The third-order valence-electron chi connectivity index (χ3n) is 3.40. The average Bonchev–Trinajstić information content (AvgIpc) is 2.80. The molecule has 1 aliphatic heterocycles. The molecule has 1 aliphatic rings. The van der Waals surface area contributed by atoms with Gasteiger partial charge in [-0.3, -0.25) is 14.5 Å². The van der Waals surface area contributed by atoms with Crippen molar-refractivity contribution in [3.8, 4) is 0 Å². The van der Waals surface area contributed by atoms with Crippen LogP contribution in [0.25, 0.3) is 6.08 Å². The van der Waals surface area contributed by atoms with Crippen molar-refractivity contribution in [2.24, 2.45) is 0 Å². The Kier molecular flexibility index (Phi) is 5.35. The number of hydrogen-bond donors (Lipinski definition) is 0. The summed E-state index contributed by atoms with van der Waals surface area (Å²) >= 11 is 16.5. The predicted octanol–water partition coefficient (Wildman–Crippen LogP) is 5.99. The number of thioether (sulfide) groups is 1. The molecule has 1 saturated heterocycles. The SMILES string of the molecule is O=C1S/C(=C/c2c(Cl)cccc2Cl)C(=O)N1Cc1ccc(Br)cc1. The first kappa shape index (κ1) is 17.5. The standard InChI is InChI=1S/C17H10BrCl2NO2S/c18-11-6-4-10(5-7-11)9-21-16(22)15(24-17(21)23)8-12-13(19)2-1-3-14(12)20/h1-8H,9H2/b15-8+. The normalized spacial score (nSPS) is 16.3. The van der Waals surface area contributed by atoms with E-state index < -0.39 is 0 Å². The first-order valence-corrected chi connectivity index (χ1v) is 9.26. The van der Waals surface area contributed by atoms with Crippen LogP contribution in [0.5, 0.6) is 0 Å². The first-order chi connectivity index (χ1) is 11.5. The number of hydrogen-bond acceptors (Lipinski definition) is 3. The Balaban J connectivity index is 1.86. The minimum Gasteiger partial charge on any atom is -0.268 e. The van der Waals surface area contributed by atoms with E-state index in [1.165, 1.54) is 4.90 Å². The van der Waals surface area contributed by atoms with E-state index in [1.54, 1.807) is 24.3 Å². The van der Waals surface area contributed by atoms with Crippen molar-refractivity contribution in [3.05, 3.63) is 73.0 Å². The quantitative estimate of drug-likeness (QED) is 0.547. The molecule has 0 radical (unpaired) electrons. The number of imide groups is 1. The lowest BCUT2D eigenvalue weighted by Crippen LogP contribution is -2.27. The smallest absolute Gasteiger partial charge is 0.268 e. The van der Waals surface area contributed by atoms with E-state index in [9.17, 15) is 9.59 Å². The highest BCUT2D eigenvalue weighted by Crippen LogP contribution is 2.36. The number of benzene rings is 2. The second kappa shape index (κ2) is 7.31. The van der Waals surface area contributed by atoms with Crippen LogP contribution in [0, 0.1) is 0 Å². The molecule has 24 heavy (non-hydrogen) atoms. The van der Waals surface area contributed by atoms with E-state index in [0.717, 1.165) is 21.8 Å². The molecule has 0 N–H and O–H groups in total. The second-order valence-corrected chi connectivity index (χ2v) is 7.75. The van der Waals surface area contributed by atoms with Gasteiger partial charge in [-0.15, -0.1) is 0 Å². The summed E-state index contributed by atoms with van der Waals surface area (Å²) in [7, 11) is 0. The van der Waals surface area contributed by atoms with Crippen molar-refractivity contribution in [1.29, 1.82) is 0 Å². The minimum absolute atomic E-state index is 0.228. The Morgan fingerprint density at radius 1 is 1.04 bits per heavy atom. The van der Waals surface area contributed by atoms with Gasteiger partial charge in [-0.25, -0.2) is 0 Å². The van der Waals surface area contributed by atoms with Gasteiger partial charge in [0, 0.05) is 20.1 Å². The molecule has 0 saturated carbocycles. The van der Waals surface area contributed by atoms with E-state index in [0.29, 0.717) is 20.5 Å². The summed E-state index contributed by atoms with van der Waals surface area (Å²) in [5.74, 6) is -0.344. The maximum absolute atomic E-state index is 12.5. The number of nitrogens with zero attached hydrogens (tertiary/aromatic N) is 1. The molecule has 0 unspecified atom stereocenters. The molecule has 3 rings (SSSR count). The van der Waals surface area contributed by atoms with Gasteiger partial charge in [-0.1, -0.05) is 57.3 Å². The monoisotopic (exact) mass is 441 g/mol. The summed E-state index contributed by atoms with van der Waals surface area (Å²) in [5, 5.41) is 0.557. The Bertz CT molecular complexity index is 832. The largest absolute Gasteiger partial charge is 0.293 e. The van der Waals surface area contributed by atoms with Crippen LogP contribution in [0.2, 0.25) is 10.0 Å². The van der Waals surface area contributed by atoms with Gasteiger partial charge in [-0.05, 0) is 47.7 Å². The van der Waals surface area contributed by atoms with Crippen LogP contribution >= 0.6 is 50.9 Å². The van der Waals surface area contributed by atoms with Crippen molar-refractivity contribution < 1.29 is 9.59 Å². The zero-order valence-corrected chi connectivity index (χ0v) is 16.0. The Hall–Kier alpha value is -1.27. The maximum atomic E-state index is 12.5. The van der Waals surface area contributed by atoms with Crippen LogP contribution in [-0.4, -0.2) is 16.0 Å². The van der Waals surface area contributed by atoms with Gasteiger partial charge in [0.15, 0.2) is 0 Å². The van der Waals surface area contributed by atoms with Crippen molar-refractivity contribution >= 4 is 68.1 Å². The van der Waals surface area contributed by atoms with Crippen LogP contribution in [0.3, 0.4) is 0 Å². The number of halogens is 3. The molecule has 0 aliphatic carbocycles. The van der Waals surface area contributed by atoms with Crippen LogP contribution in [0.1, 0.15) is 11.1 Å². The topological polar surface area (TPSA) is 37.4 Å². The molecule has 0 aromatic heterocycles. The number of rotatable bonds is 3. The molecule has 0 spiro atoms. The third kappa shape index (κ3) is 3.70. The molecular formula is C17H10BrCl2NO2S. The lowest BCUT2D eigenvalue weighted by molar-refractivity contribution is -0.123. The van der Waals surface area contributed by atoms with Crippen LogP contribution in [0.4, 0.5) is 4.79 Å². The molecular weight excluding hydrogens is 433 g/mol. The maximum Gasteiger partial charge on any atom is 0.293 e. The summed E-state index contributed by atoms with van der Waals surface area (Å²) in [4.78, 5) is 26.2. The molecule has 0 atom stereocenters. The van der Waals surface area contributed by atoms with E-state index in [2.05, 4.69) is 15.9 Å². The Labute approximate surface area is 161 Å². The molecule has 1 fully saturated rings. The van der Waals surface area contributed by atoms with Gasteiger partial charge in [0.1, 0.15) is 0 Å². The van der Waals surface area contributed by atoms with Crippen molar-refractivity contribution in [3.63, 3.8) is 0 Å². The highest BCUT2D eigenvalue weighted by atomic mass is 79.9. The van der Waals surface area contributed by atoms with Crippen LogP contribution in [0.15, 0.2) is 51.8 Å². The molecule has 122 valence electrons. The summed E-state index contributed by atoms with van der Waals surface area (Å²) in [5.41, 5.74) is 1.41. The molecule has 7 heteroatoms. The second-order valence-electron chi connectivity index (χ2n) is 5.03. The first-order valence-electron chi connectivity index (χ1n) is 6.89. The fourth-order valence-electron chi connectivity index (χ4n) is 2.19. The van der Waals surface area contributed by atoms with E-state index in [1.807, 2.05) is 24.3 Å². The van der Waals surface area contributed by atoms with Crippen molar-refractivity contribution in [1.82, 2.24) is 4.90 Å². The van der Waals surface area contributed by atoms with E-state index in [4.69, 9.17) is 23.2 Å². The van der Waals surface area contributed by atoms with Crippen molar-refractivity contribution in [2.75, 3.05) is 0 Å². The average molecular weight is 443 g/mol. The molecule has 2 amide bonds. The zero-order chi connectivity index (χ0) is 17.3. The summed E-state index contributed by atoms with van der Waals surface area (Å²) in [6, 6.07) is 12.6. The molecule has 2 aromatic carbocycles. The minimum atomic E-state index is -0.344. The summed E-state index contributed by atoms with van der Waals surface area (Å²) in [6.07, 6.45) is 1.57. The van der Waals surface area contributed by atoms with Crippen LogP contribution < -0.4 is 0 Å². The Morgan fingerprint density at radius 3 is 2.29 bits per heavy atom. The highest BCUT2D eigenvalue weighted by molar-refractivity contribution is 9.10. The lowest BCUT2D eigenvalue weighted by Gasteiger charge is -2.12. The van der Waals surface area contributed by atoms with Gasteiger partial charge >= 0.3 is 0 Å². The van der Waals surface area contributed by atoms with Gasteiger partial charge < -0.3 is 0 Å². The molecule has 0 bridgehead atoms. The Morgan fingerprint density at radius 2 is 1.67 bits per heavy atom. The predicted molar refractivity (Wildman–Crippen MR) is 102 cm³/mol. The van der Waals surface area contributed by atoms with Crippen LogP contribution in [-0.2, 0) is 11.3 Å². The van der Waals surface area contributed by atoms with Gasteiger partial charge in [-0.2, -0.15) is 0 Å². The summed E-state index contributed by atoms with van der Waals surface area (Å²) in [6.45, 7) is 0.228.